The lowest BCUT2D eigenvalue weighted by molar-refractivity contribution is 0.306. The van der Waals surface area contributed by atoms with Crippen molar-refractivity contribution in [3.63, 3.8) is 0 Å². The maximum absolute atomic E-state index is 5.49. The van der Waals surface area contributed by atoms with Gasteiger partial charge in [-0.15, -0.1) is 0 Å². The van der Waals surface area contributed by atoms with E-state index in [9.17, 15) is 0 Å². The molecule has 0 aromatic carbocycles. The molecule has 0 aromatic heterocycles. The van der Waals surface area contributed by atoms with Crippen LogP contribution in [0.1, 0.15) is 59.8 Å². The average molecular weight is 289 g/mol. The van der Waals surface area contributed by atoms with Gasteiger partial charge in [0.15, 0.2) is 0 Å². The van der Waals surface area contributed by atoms with Crippen molar-refractivity contribution >= 4 is 0 Å². The molecule has 124 valence electrons. The third-order valence-corrected chi connectivity index (χ3v) is 3.75. The van der Waals surface area contributed by atoms with Crippen molar-refractivity contribution in [3.05, 3.63) is 0 Å². The van der Waals surface area contributed by atoms with Gasteiger partial charge in [-0.05, 0) is 75.5 Å². The summed E-state index contributed by atoms with van der Waals surface area (Å²) >= 11 is 0. The van der Waals surface area contributed by atoms with Crippen LogP contribution in [0.3, 0.4) is 0 Å². The third-order valence-electron chi connectivity index (χ3n) is 3.75. The maximum Gasteiger partial charge on any atom is -0.00514 e. The van der Waals surface area contributed by atoms with Crippen LogP contribution in [0.25, 0.3) is 0 Å². The van der Waals surface area contributed by atoms with E-state index in [2.05, 4.69) is 27.7 Å². The van der Waals surface area contributed by atoms with Gasteiger partial charge in [0.25, 0.3) is 0 Å². The molecule has 0 rings (SSSR count). The fraction of sp³-hybridized carbons (Fsp3) is 1.00. The lowest BCUT2D eigenvalue weighted by Gasteiger charge is -2.23. The van der Waals surface area contributed by atoms with Crippen molar-refractivity contribution in [2.24, 2.45) is 40.2 Å². The van der Waals surface area contributed by atoms with Gasteiger partial charge in [-0.1, -0.05) is 27.7 Å². The molecule has 0 amide bonds. The molecule has 2 unspecified atom stereocenters. The molecule has 0 aliphatic heterocycles. The van der Waals surface area contributed by atoms with Crippen LogP contribution in [0.15, 0.2) is 0 Å². The largest absolute Gasteiger partial charge is 0.330 e. The normalized spacial score (nSPS) is 14.4. The first-order chi connectivity index (χ1) is 9.32. The molecule has 8 N–H and O–H groups in total. The van der Waals surface area contributed by atoms with Crippen LogP contribution in [0.2, 0.25) is 0 Å². The second-order valence-corrected chi connectivity index (χ2v) is 6.85. The Labute approximate surface area is 127 Å². The average Bonchev–Trinajstić information content (AvgIpc) is 2.37. The second-order valence-electron chi connectivity index (χ2n) is 6.85. The number of nitrogens with two attached hydrogens (primary N) is 4. The fourth-order valence-electron chi connectivity index (χ4n) is 2.28. The van der Waals surface area contributed by atoms with Gasteiger partial charge in [-0.2, -0.15) is 0 Å². The molecule has 0 radical (unpaired) electrons. The summed E-state index contributed by atoms with van der Waals surface area (Å²) in [5.74, 6) is 1.39. The SMILES string of the molecule is CC(C)(CCN)CCCN.CC(CN)CC(C)CCN. The number of hydrogen-bond acceptors (Lipinski definition) is 4. The Kier molecular flexibility index (Phi) is 15.3. The Balaban J connectivity index is 0. The summed E-state index contributed by atoms with van der Waals surface area (Å²) in [4.78, 5) is 0. The third kappa shape index (κ3) is 15.9. The molecule has 0 fully saturated rings. The van der Waals surface area contributed by atoms with E-state index < -0.39 is 0 Å². The molecule has 0 saturated heterocycles. The molecular weight excluding hydrogens is 248 g/mol. The van der Waals surface area contributed by atoms with Crippen molar-refractivity contribution in [2.45, 2.75) is 59.8 Å². The molecule has 4 heteroatoms. The van der Waals surface area contributed by atoms with Crippen LogP contribution in [-0.2, 0) is 0 Å². The van der Waals surface area contributed by atoms with E-state index in [4.69, 9.17) is 22.9 Å². The highest BCUT2D eigenvalue weighted by atomic mass is 14.5. The summed E-state index contributed by atoms with van der Waals surface area (Å²) in [6.07, 6.45) is 5.76. The van der Waals surface area contributed by atoms with Crippen LogP contribution in [-0.4, -0.2) is 26.2 Å². The Morgan fingerprint density at radius 2 is 1.40 bits per heavy atom. The zero-order chi connectivity index (χ0) is 16.0. The van der Waals surface area contributed by atoms with Crippen LogP contribution in [0, 0.1) is 17.3 Å². The molecule has 2 atom stereocenters. The fourth-order valence-corrected chi connectivity index (χ4v) is 2.28. The van der Waals surface area contributed by atoms with Gasteiger partial charge in [0.1, 0.15) is 0 Å². The Morgan fingerprint density at radius 3 is 1.80 bits per heavy atom. The summed E-state index contributed by atoms with van der Waals surface area (Å²) in [6.45, 7) is 12.1. The van der Waals surface area contributed by atoms with Gasteiger partial charge in [-0.25, -0.2) is 0 Å². The topological polar surface area (TPSA) is 104 Å². The van der Waals surface area contributed by atoms with Crippen molar-refractivity contribution in [2.75, 3.05) is 26.2 Å². The molecule has 0 spiro atoms. The molecule has 0 heterocycles. The van der Waals surface area contributed by atoms with E-state index in [1.54, 1.807) is 0 Å². The van der Waals surface area contributed by atoms with E-state index >= 15 is 0 Å². The summed E-state index contributed by atoms with van der Waals surface area (Å²) < 4.78 is 0. The summed E-state index contributed by atoms with van der Waals surface area (Å²) in [7, 11) is 0. The molecule has 0 aromatic rings. The molecule has 0 aliphatic carbocycles. The summed E-state index contributed by atoms with van der Waals surface area (Å²) in [5.41, 5.74) is 22.2. The van der Waals surface area contributed by atoms with Gasteiger partial charge in [0.2, 0.25) is 0 Å². The lowest BCUT2D eigenvalue weighted by Crippen LogP contribution is -2.18. The predicted molar refractivity (Wildman–Crippen MR) is 91.4 cm³/mol. The van der Waals surface area contributed by atoms with Crippen molar-refractivity contribution in [1.29, 1.82) is 0 Å². The van der Waals surface area contributed by atoms with E-state index in [1.807, 2.05) is 0 Å². The van der Waals surface area contributed by atoms with Gasteiger partial charge in [0.05, 0.1) is 0 Å². The van der Waals surface area contributed by atoms with Crippen molar-refractivity contribution < 1.29 is 0 Å². The smallest absolute Gasteiger partial charge is 0.00514 e. The van der Waals surface area contributed by atoms with Gasteiger partial charge < -0.3 is 22.9 Å². The highest BCUT2D eigenvalue weighted by Crippen LogP contribution is 2.25. The zero-order valence-electron chi connectivity index (χ0n) is 14.3. The van der Waals surface area contributed by atoms with Gasteiger partial charge in [-0.3, -0.25) is 0 Å². The first-order valence-electron chi connectivity index (χ1n) is 8.13. The van der Waals surface area contributed by atoms with Gasteiger partial charge >= 0.3 is 0 Å². The van der Waals surface area contributed by atoms with Crippen LogP contribution < -0.4 is 22.9 Å². The minimum Gasteiger partial charge on any atom is -0.330 e. The zero-order valence-corrected chi connectivity index (χ0v) is 14.3. The van der Waals surface area contributed by atoms with Crippen LogP contribution in [0.5, 0.6) is 0 Å². The monoisotopic (exact) mass is 288 g/mol. The highest BCUT2D eigenvalue weighted by Gasteiger charge is 2.14. The number of rotatable bonds is 10. The first-order valence-corrected chi connectivity index (χ1v) is 8.13. The molecular formula is C16H40N4. The number of hydrogen-bond donors (Lipinski definition) is 4. The van der Waals surface area contributed by atoms with Crippen molar-refractivity contribution in [1.82, 2.24) is 0 Å². The molecule has 20 heavy (non-hydrogen) atoms. The van der Waals surface area contributed by atoms with E-state index in [1.165, 1.54) is 12.8 Å². The first kappa shape index (κ1) is 22.1. The minimum absolute atomic E-state index is 0.397. The Morgan fingerprint density at radius 1 is 0.800 bits per heavy atom. The summed E-state index contributed by atoms with van der Waals surface area (Å²) in [6, 6.07) is 0. The van der Waals surface area contributed by atoms with Crippen LogP contribution >= 0.6 is 0 Å². The standard InChI is InChI=1S/2C8H20N2/c1-7(3-4-9)5-8(2)6-10;1-8(2,5-7-10)4-3-6-9/h7-8H,3-6,9-10H2,1-2H3;3-7,9-10H2,1-2H3. The lowest BCUT2D eigenvalue weighted by atomic mass is 9.84. The highest BCUT2D eigenvalue weighted by molar-refractivity contribution is 4.68. The Hall–Kier alpha value is -0.160. The summed E-state index contributed by atoms with van der Waals surface area (Å²) in [5, 5.41) is 0. The second kappa shape index (κ2) is 13.8. The molecule has 0 saturated carbocycles. The minimum atomic E-state index is 0.397. The van der Waals surface area contributed by atoms with E-state index in [0.29, 0.717) is 11.3 Å². The predicted octanol–water partition coefficient (Wildman–Crippen LogP) is 2.06. The Bertz CT molecular complexity index is 195. The van der Waals surface area contributed by atoms with Crippen molar-refractivity contribution in [3.8, 4) is 0 Å². The van der Waals surface area contributed by atoms with E-state index in [-0.39, 0.29) is 0 Å². The van der Waals surface area contributed by atoms with Crippen LogP contribution in [0.4, 0.5) is 0 Å². The maximum atomic E-state index is 5.49. The van der Waals surface area contributed by atoms with E-state index in [0.717, 1.165) is 51.4 Å². The quantitative estimate of drug-likeness (QED) is 0.494. The molecule has 0 bridgehead atoms. The molecule has 0 aliphatic rings. The molecule has 4 nitrogen and oxygen atoms in total. The van der Waals surface area contributed by atoms with Gasteiger partial charge in [0, 0.05) is 0 Å².